The summed E-state index contributed by atoms with van der Waals surface area (Å²) in [6, 6.07) is 7.92. The molecule has 0 saturated carbocycles. The summed E-state index contributed by atoms with van der Waals surface area (Å²) < 4.78 is 7.77. The van der Waals surface area contributed by atoms with E-state index in [1.165, 1.54) is 0 Å². The van der Waals surface area contributed by atoms with Crippen molar-refractivity contribution in [3.8, 4) is 5.75 Å². The number of aromatic nitrogens is 2. The Hall–Kier alpha value is -2.64. The Morgan fingerprint density at radius 2 is 2.30 bits per heavy atom. The van der Waals surface area contributed by atoms with Crippen LogP contribution in [0.3, 0.4) is 0 Å². The maximum absolute atomic E-state index is 11.0. The first-order chi connectivity index (χ1) is 13.1. The monoisotopic (exact) mass is 373 g/mol. The van der Waals surface area contributed by atoms with E-state index >= 15 is 0 Å². The first-order valence-corrected chi connectivity index (χ1v) is 9.10. The number of ether oxygens (including phenoxy) is 1. The van der Waals surface area contributed by atoms with Gasteiger partial charge in [0.1, 0.15) is 5.75 Å². The second kappa shape index (κ2) is 11.2. The highest BCUT2D eigenvalue weighted by atomic mass is 16.6. The molecule has 0 aliphatic rings. The molecule has 1 aromatic heterocycles. The van der Waals surface area contributed by atoms with Crippen LogP contribution in [0, 0.1) is 0 Å². The molecule has 1 aromatic carbocycles. The number of nitrogens with two attached hydrogens (primary N) is 1. The first-order valence-electron chi connectivity index (χ1n) is 9.10. The molecule has 1 heterocycles. The number of aliphatic carboxylic acids is 1. The molecule has 2 rings (SSSR count). The van der Waals surface area contributed by atoms with Gasteiger partial charge in [0.2, 0.25) is 0 Å². The molecule has 1 unspecified atom stereocenters. The van der Waals surface area contributed by atoms with Gasteiger partial charge in [0, 0.05) is 18.9 Å². The van der Waals surface area contributed by atoms with Crippen LogP contribution in [0.1, 0.15) is 38.2 Å². The maximum Gasteiger partial charge on any atom is 0.334 e. The van der Waals surface area contributed by atoms with Gasteiger partial charge in [-0.3, -0.25) is 4.84 Å². The van der Waals surface area contributed by atoms with E-state index in [9.17, 15) is 4.79 Å². The Morgan fingerprint density at radius 1 is 1.44 bits per heavy atom. The number of allylic oxidation sites excluding steroid dienone is 2. The van der Waals surface area contributed by atoms with E-state index in [-0.39, 0.29) is 0 Å². The fourth-order valence-corrected chi connectivity index (χ4v) is 2.63. The third-order valence-corrected chi connectivity index (χ3v) is 4.14. The number of carboxylic acid groups (broad SMARTS) is 1. The van der Waals surface area contributed by atoms with Gasteiger partial charge in [-0.1, -0.05) is 31.6 Å². The van der Waals surface area contributed by atoms with E-state index in [1.807, 2.05) is 41.1 Å². The van der Waals surface area contributed by atoms with Crippen molar-refractivity contribution in [2.45, 2.75) is 45.3 Å². The summed E-state index contributed by atoms with van der Waals surface area (Å²) in [6.07, 6.45) is 9.28. The van der Waals surface area contributed by atoms with Crippen LogP contribution in [-0.4, -0.2) is 33.3 Å². The molecular formula is C20H27N3O4. The summed E-state index contributed by atoms with van der Waals surface area (Å²) in [5.41, 5.74) is 2.08. The summed E-state index contributed by atoms with van der Waals surface area (Å²) in [6.45, 7) is 3.44. The molecule has 0 amide bonds. The fourth-order valence-electron chi connectivity index (χ4n) is 2.63. The van der Waals surface area contributed by atoms with Gasteiger partial charge in [-0.25, -0.2) is 15.7 Å². The average molecular weight is 373 g/mol. The predicted molar refractivity (Wildman–Crippen MR) is 103 cm³/mol. The molecule has 0 aliphatic carbocycles. The molecule has 146 valence electrons. The van der Waals surface area contributed by atoms with Crippen LogP contribution in [0.25, 0.3) is 5.57 Å². The summed E-state index contributed by atoms with van der Waals surface area (Å²) in [4.78, 5) is 19.6. The molecule has 0 bridgehead atoms. The molecule has 2 aromatic rings. The molecule has 7 nitrogen and oxygen atoms in total. The molecule has 0 fully saturated rings. The van der Waals surface area contributed by atoms with Gasteiger partial charge in [-0.05, 0) is 42.5 Å². The van der Waals surface area contributed by atoms with E-state index < -0.39 is 12.1 Å². The van der Waals surface area contributed by atoms with Crippen LogP contribution in [0.4, 0.5) is 0 Å². The molecule has 1 atom stereocenters. The van der Waals surface area contributed by atoms with Gasteiger partial charge < -0.3 is 14.4 Å². The van der Waals surface area contributed by atoms with Crippen molar-refractivity contribution < 1.29 is 19.5 Å². The molecule has 27 heavy (non-hydrogen) atoms. The second-order valence-corrected chi connectivity index (χ2v) is 6.23. The van der Waals surface area contributed by atoms with Crippen molar-refractivity contribution in [3.05, 3.63) is 54.6 Å². The van der Waals surface area contributed by atoms with E-state index in [1.54, 1.807) is 12.5 Å². The molecule has 3 N–H and O–H groups in total. The maximum atomic E-state index is 11.0. The second-order valence-electron chi connectivity index (χ2n) is 6.23. The van der Waals surface area contributed by atoms with Crippen molar-refractivity contribution in [2.24, 2.45) is 5.90 Å². The summed E-state index contributed by atoms with van der Waals surface area (Å²) in [5.74, 6) is 4.82. The predicted octanol–water partition coefficient (Wildman–Crippen LogP) is 3.27. The number of hydrogen-bond acceptors (Lipinski definition) is 5. The number of unbranched alkanes of at least 4 members (excludes halogenated alkanes) is 1. The molecule has 0 aliphatic heterocycles. The van der Waals surface area contributed by atoms with Crippen molar-refractivity contribution >= 4 is 11.5 Å². The SMILES string of the molecule is CCCCOc1cccc(C(=CCCC(ON)C(=O)O)Cn2ccnc2)c1. The van der Waals surface area contributed by atoms with E-state index in [2.05, 4.69) is 16.7 Å². The van der Waals surface area contributed by atoms with E-state index in [0.29, 0.717) is 26.0 Å². The fraction of sp³-hybridized carbons (Fsp3) is 0.400. The number of carbonyl (C=O) groups is 1. The standard InChI is InChI=1S/C20H27N3O4/c1-2-3-12-26-18-8-4-6-16(13-18)17(14-23-11-10-22-15-23)7-5-9-19(27-21)20(24)25/h4,6-8,10-11,13,15,19H,2-3,5,9,12,14,21H2,1H3,(H,24,25). The number of rotatable bonds is 12. The third kappa shape index (κ3) is 6.88. The third-order valence-electron chi connectivity index (χ3n) is 4.14. The quantitative estimate of drug-likeness (QED) is 0.437. The molecule has 7 heteroatoms. The number of carboxylic acids is 1. The lowest BCUT2D eigenvalue weighted by molar-refractivity contribution is -0.151. The minimum atomic E-state index is -1.06. The average Bonchev–Trinajstić information content (AvgIpc) is 3.17. The molecular weight excluding hydrogens is 346 g/mol. The summed E-state index contributed by atoms with van der Waals surface area (Å²) in [5, 5.41) is 9.05. The Bertz CT molecular complexity index is 729. The first kappa shape index (κ1) is 20.7. The largest absolute Gasteiger partial charge is 0.494 e. The van der Waals surface area contributed by atoms with Crippen molar-refractivity contribution in [3.63, 3.8) is 0 Å². The lowest BCUT2D eigenvalue weighted by atomic mass is 10.0. The van der Waals surface area contributed by atoms with Crippen molar-refractivity contribution in [1.82, 2.24) is 9.55 Å². The zero-order valence-electron chi connectivity index (χ0n) is 15.6. The highest BCUT2D eigenvalue weighted by molar-refractivity contribution is 5.72. The molecule has 0 radical (unpaired) electrons. The number of benzene rings is 1. The normalized spacial score (nSPS) is 12.7. The minimum Gasteiger partial charge on any atom is -0.494 e. The topological polar surface area (TPSA) is 99.6 Å². The van der Waals surface area contributed by atoms with Crippen LogP contribution in [-0.2, 0) is 16.2 Å². The van der Waals surface area contributed by atoms with Crippen LogP contribution in [0.15, 0.2) is 49.1 Å². The van der Waals surface area contributed by atoms with Crippen molar-refractivity contribution in [2.75, 3.05) is 6.61 Å². The minimum absolute atomic E-state index is 0.298. The lowest BCUT2D eigenvalue weighted by Gasteiger charge is -2.13. The van der Waals surface area contributed by atoms with Gasteiger partial charge in [0.15, 0.2) is 6.10 Å². The van der Waals surface area contributed by atoms with Crippen molar-refractivity contribution in [1.29, 1.82) is 0 Å². The smallest absolute Gasteiger partial charge is 0.334 e. The molecule has 0 saturated heterocycles. The molecule has 0 spiro atoms. The van der Waals surface area contributed by atoms with Crippen LogP contribution >= 0.6 is 0 Å². The lowest BCUT2D eigenvalue weighted by Crippen LogP contribution is -2.26. The van der Waals surface area contributed by atoms with Gasteiger partial charge in [-0.2, -0.15) is 0 Å². The number of imidazole rings is 1. The Kier molecular flexibility index (Phi) is 8.54. The zero-order chi connectivity index (χ0) is 19.5. The van der Waals surface area contributed by atoms with E-state index in [4.69, 9.17) is 15.7 Å². The zero-order valence-corrected chi connectivity index (χ0v) is 15.6. The van der Waals surface area contributed by atoms with Gasteiger partial charge in [0.25, 0.3) is 0 Å². The van der Waals surface area contributed by atoms with Gasteiger partial charge >= 0.3 is 5.97 Å². The summed E-state index contributed by atoms with van der Waals surface area (Å²) >= 11 is 0. The van der Waals surface area contributed by atoms with Crippen LogP contribution in [0.5, 0.6) is 5.75 Å². The highest BCUT2D eigenvalue weighted by Crippen LogP contribution is 2.23. The number of hydrogen-bond donors (Lipinski definition) is 2. The summed E-state index contributed by atoms with van der Waals surface area (Å²) in [7, 11) is 0. The Balaban J connectivity index is 2.15. The van der Waals surface area contributed by atoms with Crippen LogP contribution < -0.4 is 10.6 Å². The van der Waals surface area contributed by atoms with Crippen LogP contribution in [0.2, 0.25) is 0 Å². The Labute approximate surface area is 159 Å². The number of nitrogens with zero attached hydrogens (tertiary/aromatic N) is 2. The van der Waals surface area contributed by atoms with E-state index in [0.717, 1.165) is 29.7 Å². The Morgan fingerprint density at radius 3 is 2.96 bits per heavy atom. The van der Waals surface area contributed by atoms with Gasteiger partial charge in [0.05, 0.1) is 12.9 Å². The highest BCUT2D eigenvalue weighted by Gasteiger charge is 2.16. The van der Waals surface area contributed by atoms with Gasteiger partial charge in [-0.15, -0.1) is 0 Å².